The van der Waals surface area contributed by atoms with Crippen molar-refractivity contribution in [3.63, 3.8) is 0 Å². The molecule has 0 atom stereocenters. The zero-order valence-electron chi connectivity index (χ0n) is 10.4. The highest BCUT2D eigenvalue weighted by atomic mass is 32.2. The van der Waals surface area contributed by atoms with Gasteiger partial charge in [0.2, 0.25) is 5.91 Å². The molecule has 1 amide bonds. The molecular weight excluding hydrogens is 262 g/mol. The second-order valence-corrected chi connectivity index (χ2v) is 6.20. The number of anilines is 1. The molecule has 100 valence electrons. The van der Waals surface area contributed by atoms with E-state index in [1.54, 1.807) is 18.2 Å². The van der Waals surface area contributed by atoms with Gasteiger partial charge in [0, 0.05) is 10.6 Å². The molecule has 1 heterocycles. The minimum absolute atomic E-state index is 0.0544. The third kappa shape index (κ3) is 2.02. The monoisotopic (exact) mass is 277 g/mol. The maximum atomic E-state index is 12.4. The summed E-state index contributed by atoms with van der Waals surface area (Å²) in [5.74, 6) is -0.212. The van der Waals surface area contributed by atoms with Crippen molar-refractivity contribution in [1.82, 2.24) is 0 Å². The van der Waals surface area contributed by atoms with Crippen LogP contribution in [0.1, 0.15) is 36.0 Å². The van der Waals surface area contributed by atoms with E-state index in [0.29, 0.717) is 16.3 Å². The second kappa shape index (κ2) is 4.56. The number of carboxylic acids is 1. The number of carboxylic acid groups (broad SMARTS) is 1. The lowest BCUT2D eigenvalue weighted by molar-refractivity contribution is -0.124. The van der Waals surface area contributed by atoms with Gasteiger partial charge in [-0.2, -0.15) is 0 Å². The minimum atomic E-state index is -0.944. The third-order valence-corrected chi connectivity index (χ3v) is 5.45. The van der Waals surface area contributed by atoms with Crippen LogP contribution in [0, 0.1) is 5.41 Å². The second-order valence-electron chi connectivity index (χ2n) is 5.22. The predicted molar refractivity (Wildman–Crippen MR) is 73.7 cm³/mol. The van der Waals surface area contributed by atoms with E-state index in [4.69, 9.17) is 0 Å². The lowest BCUT2D eigenvalue weighted by Crippen LogP contribution is -2.34. The first kappa shape index (κ1) is 12.5. The first-order chi connectivity index (χ1) is 9.12. The fourth-order valence-corrected chi connectivity index (χ4v) is 4.34. The Labute approximate surface area is 115 Å². The van der Waals surface area contributed by atoms with Gasteiger partial charge in [-0.15, -0.1) is 11.8 Å². The smallest absolute Gasteiger partial charge is 0.336 e. The predicted octanol–water partition coefficient (Wildman–Crippen LogP) is 2.99. The SMILES string of the molecule is O=C(O)c1cccc2c1SCC1(CCCC1)C(=O)N2. The van der Waals surface area contributed by atoms with Crippen LogP contribution < -0.4 is 5.32 Å². The number of thioether (sulfide) groups is 1. The van der Waals surface area contributed by atoms with Crippen LogP contribution in [0.3, 0.4) is 0 Å². The number of carbonyl (C=O) groups excluding carboxylic acids is 1. The molecule has 1 aliphatic carbocycles. The number of amides is 1. The summed E-state index contributed by atoms with van der Waals surface area (Å²) in [6, 6.07) is 5.05. The van der Waals surface area contributed by atoms with Crippen molar-refractivity contribution in [1.29, 1.82) is 0 Å². The highest BCUT2D eigenvalue weighted by Gasteiger charge is 2.43. The zero-order chi connectivity index (χ0) is 13.5. The number of benzene rings is 1. The minimum Gasteiger partial charge on any atom is -0.478 e. The van der Waals surface area contributed by atoms with Gasteiger partial charge in [-0.25, -0.2) is 4.79 Å². The molecule has 1 saturated carbocycles. The van der Waals surface area contributed by atoms with Crippen molar-refractivity contribution < 1.29 is 14.7 Å². The Kier molecular flexibility index (Phi) is 3.01. The van der Waals surface area contributed by atoms with E-state index in [1.807, 2.05) is 0 Å². The average molecular weight is 277 g/mol. The molecule has 2 aliphatic rings. The van der Waals surface area contributed by atoms with E-state index in [0.717, 1.165) is 25.7 Å². The molecule has 0 saturated heterocycles. The lowest BCUT2D eigenvalue weighted by atomic mass is 9.87. The number of fused-ring (bicyclic) bond motifs is 1. The van der Waals surface area contributed by atoms with E-state index in [-0.39, 0.29) is 16.9 Å². The Morgan fingerprint density at radius 1 is 1.32 bits per heavy atom. The van der Waals surface area contributed by atoms with Gasteiger partial charge in [-0.05, 0) is 25.0 Å². The molecule has 1 spiro atoms. The summed E-state index contributed by atoms with van der Waals surface area (Å²) >= 11 is 1.50. The Hall–Kier alpha value is -1.49. The van der Waals surface area contributed by atoms with Crippen LogP contribution in [0.2, 0.25) is 0 Å². The molecule has 1 fully saturated rings. The van der Waals surface area contributed by atoms with Crippen LogP contribution in [0.5, 0.6) is 0 Å². The summed E-state index contributed by atoms with van der Waals surface area (Å²) in [6.45, 7) is 0. The Bertz CT molecular complexity index is 550. The van der Waals surface area contributed by atoms with Gasteiger partial charge in [0.1, 0.15) is 0 Å². The molecule has 1 aromatic rings. The molecule has 0 unspecified atom stereocenters. The molecule has 1 aliphatic heterocycles. The highest BCUT2D eigenvalue weighted by Crippen LogP contribution is 2.47. The number of carbonyl (C=O) groups is 2. The van der Waals surface area contributed by atoms with Crippen molar-refractivity contribution in [2.75, 3.05) is 11.1 Å². The number of hydrogen-bond acceptors (Lipinski definition) is 3. The molecule has 5 heteroatoms. The normalized spacial score (nSPS) is 20.7. The number of hydrogen-bond donors (Lipinski definition) is 2. The average Bonchev–Trinajstić information content (AvgIpc) is 2.81. The molecule has 0 radical (unpaired) electrons. The first-order valence-electron chi connectivity index (χ1n) is 6.43. The maximum absolute atomic E-state index is 12.4. The molecule has 4 nitrogen and oxygen atoms in total. The van der Waals surface area contributed by atoms with E-state index in [2.05, 4.69) is 5.32 Å². The molecule has 2 N–H and O–H groups in total. The summed E-state index contributed by atoms with van der Waals surface area (Å²) in [7, 11) is 0. The van der Waals surface area contributed by atoms with Crippen molar-refractivity contribution in [2.45, 2.75) is 30.6 Å². The number of aromatic carboxylic acids is 1. The van der Waals surface area contributed by atoms with Crippen molar-refractivity contribution in [3.05, 3.63) is 23.8 Å². The number of rotatable bonds is 1. The molecule has 19 heavy (non-hydrogen) atoms. The van der Waals surface area contributed by atoms with Gasteiger partial charge in [-0.1, -0.05) is 18.9 Å². The summed E-state index contributed by atoms with van der Waals surface area (Å²) in [5.41, 5.74) is 0.607. The summed E-state index contributed by atoms with van der Waals surface area (Å²) in [4.78, 5) is 24.4. The van der Waals surface area contributed by atoms with Gasteiger partial charge in [0.25, 0.3) is 0 Å². The van der Waals surface area contributed by atoms with Gasteiger partial charge in [0.15, 0.2) is 0 Å². The summed E-state index contributed by atoms with van der Waals surface area (Å²) in [6.07, 6.45) is 3.97. The van der Waals surface area contributed by atoms with E-state index in [9.17, 15) is 14.7 Å². The quantitative estimate of drug-likeness (QED) is 0.828. The summed E-state index contributed by atoms with van der Waals surface area (Å²) in [5, 5.41) is 12.2. The fourth-order valence-electron chi connectivity index (χ4n) is 2.91. The molecule has 0 bridgehead atoms. The van der Waals surface area contributed by atoms with Crippen LogP contribution in [-0.4, -0.2) is 22.7 Å². The molecule has 0 aromatic heterocycles. The van der Waals surface area contributed by atoms with Crippen LogP contribution >= 0.6 is 11.8 Å². The fraction of sp³-hybridized carbons (Fsp3) is 0.429. The maximum Gasteiger partial charge on any atom is 0.336 e. The van der Waals surface area contributed by atoms with E-state index >= 15 is 0 Å². The Balaban J connectivity index is 2.01. The van der Waals surface area contributed by atoms with Gasteiger partial charge < -0.3 is 10.4 Å². The molecule has 1 aromatic carbocycles. The van der Waals surface area contributed by atoms with Gasteiger partial charge in [0.05, 0.1) is 16.7 Å². The van der Waals surface area contributed by atoms with Crippen LogP contribution in [-0.2, 0) is 4.79 Å². The van der Waals surface area contributed by atoms with Crippen molar-refractivity contribution >= 4 is 29.3 Å². The topological polar surface area (TPSA) is 66.4 Å². The van der Waals surface area contributed by atoms with Crippen molar-refractivity contribution in [2.24, 2.45) is 5.41 Å². The highest BCUT2D eigenvalue weighted by molar-refractivity contribution is 7.99. The molecular formula is C14H15NO3S. The van der Waals surface area contributed by atoms with Crippen LogP contribution in [0.25, 0.3) is 0 Å². The Morgan fingerprint density at radius 3 is 2.74 bits per heavy atom. The standard InChI is InChI=1S/C14H15NO3S/c16-12(17)9-4-3-5-10-11(9)19-8-14(13(18)15-10)6-1-2-7-14/h3-5H,1-2,6-8H2,(H,15,18)(H,16,17). The van der Waals surface area contributed by atoms with Gasteiger partial charge in [-0.3, -0.25) is 4.79 Å². The largest absolute Gasteiger partial charge is 0.478 e. The van der Waals surface area contributed by atoms with Crippen molar-refractivity contribution in [3.8, 4) is 0 Å². The van der Waals surface area contributed by atoms with Crippen LogP contribution in [0.15, 0.2) is 23.1 Å². The Morgan fingerprint density at radius 2 is 2.05 bits per heavy atom. The lowest BCUT2D eigenvalue weighted by Gasteiger charge is -2.24. The van der Waals surface area contributed by atoms with E-state index < -0.39 is 5.97 Å². The molecule has 3 rings (SSSR count). The zero-order valence-corrected chi connectivity index (χ0v) is 11.3. The number of nitrogens with one attached hydrogen (secondary N) is 1. The van der Waals surface area contributed by atoms with E-state index in [1.165, 1.54) is 11.8 Å². The van der Waals surface area contributed by atoms with Gasteiger partial charge >= 0.3 is 5.97 Å². The first-order valence-corrected chi connectivity index (χ1v) is 7.41. The third-order valence-electron chi connectivity index (χ3n) is 4.03. The van der Waals surface area contributed by atoms with Crippen LogP contribution in [0.4, 0.5) is 5.69 Å². The summed E-state index contributed by atoms with van der Waals surface area (Å²) < 4.78 is 0.